The van der Waals surface area contributed by atoms with Gasteiger partial charge in [0.1, 0.15) is 0 Å². The molecule has 0 radical (unpaired) electrons. The fourth-order valence-electron chi connectivity index (χ4n) is 3.22. The maximum Gasteiger partial charge on any atom is 0.0184 e. The minimum absolute atomic E-state index is 0.595. The summed E-state index contributed by atoms with van der Waals surface area (Å²) in [6, 6.07) is 0.850. The van der Waals surface area contributed by atoms with Crippen molar-refractivity contribution in [1.29, 1.82) is 0 Å². The molecule has 0 bridgehead atoms. The van der Waals surface area contributed by atoms with Gasteiger partial charge in [-0.2, -0.15) is 0 Å². The summed E-state index contributed by atoms with van der Waals surface area (Å²) in [7, 11) is 0. The molecule has 0 aromatic rings. The number of hydrogen-bond acceptors (Lipinski definition) is 1. The van der Waals surface area contributed by atoms with Crippen LogP contribution in [0.25, 0.3) is 0 Å². The third-order valence-electron chi connectivity index (χ3n) is 3.93. The van der Waals surface area contributed by atoms with Crippen LogP contribution in [0.15, 0.2) is 0 Å². The predicted molar refractivity (Wildman–Crippen MR) is 56.9 cm³/mol. The van der Waals surface area contributed by atoms with Crippen LogP contribution >= 0.6 is 0 Å². The molecule has 1 saturated heterocycles. The van der Waals surface area contributed by atoms with Gasteiger partial charge < -0.3 is 5.32 Å². The van der Waals surface area contributed by atoms with Crippen LogP contribution in [-0.2, 0) is 0 Å². The lowest BCUT2D eigenvalue weighted by molar-refractivity contribution is 0.252. The predicted octanol–water partition coefficient (Wildman–Crippen LogP) is 3.24. The van der Waals surface area contributed by atoms with Gasteiger partial charge in [-0.3, -0.25) is 0 Å². The van der Waals surface area contributed by atoms with Crippen molar-refractivity contribution in [2.45, 2.75) is 76.3 Å². The van der Waals surface area contributed by atoms with Gasteiger partial charge in [-0.15, -0.1) is 0 Å². The standard InChI is InChI=1S/C12H23N/c1-2-6-11-7-10-12(13-11)8-4-3-5-9-12/h11,13H,2-10H2,1H3. The molecule has 1 N–H and O–H groups in total. The second-order valence-electron chi connectivity index (χ2n) is 5.01. The highest BCUT2D eigenvalue weighted by molar-refractivity contribution is 4.98. The van der Waals surface area contributed by atoms with E-state index < -0.39 is 0 Å². The van der Waals surface area contributed by atoms with Crippen LogP contribution in [0.1, 0.15) is 64.7 Å². The van der Waals surface area contributed by atoms with Crippen molar-refractivity contribution in [2.75, 3.05) is 0 Å². The Labute approximate surface area is 82.3 Å². The van der Waals surface area contributed by atoms with Crippen LogP contribution in [0.4, 0.5) is 0 Å². The summed E-state index contributed by atoms with van der Waals surface area (Å²) in [6.07, 6.45) is 12.9. The molecule has 0 amide bonds. The van der Waals surface area contributed by atoms with E-state index in [2.05, 4.69) is 12.2 Å². The van der Waals surface area contributed by atoms with Crippen molar-refractivity contribution in [1.82, 2.24) is 5.32 Å². The smallest absolute Gasteiger partial charge is 0.0184 e. The molecule has 2 aliphatic rings. The zero-order chi connectivity index (χ0) is 9.15. The molecule has 1 aliphatic carbocycles. The molecule has 0 aromatic carbocycles. The van der Waals surface area contributed by atoms with E-state index in [4.69, 9.17) is 0 Å². The maximum atomic E-state index is 3.91. The van der Waals surface area contributed by atoms with Gasteiger partial charge in [0, 0.05) is 11.6 Å². The average Bonchev–Trinajstić information content (AvgIpc) is 2.51. The van der Waals surface area contributed by atoms with E-state index in [-0.39, 0.29) is 0 Å². The Balaban J connectivity index is 1.87. The molecule has 2 fully saturated rings. The van der Waals surface area contributed by atoms with Crippen molar-refractivity contribution < 1.29 is 0 Å². The number of nitrogens with one attached hydrogen (secondary N) is 1. The van der Waals surface area contributed by atoms with Gasteiger partial charge in [-0.1, -0.05) is 32.6 Å². The lowest BCUT2D eigenvalue weighted by Gasteiger charge is -2.34. The van der Waals surface area contributed by atoms with Crippen LogP contribution in [0, 0.1) is 0 Å². The average molecular weight is 181 g/mol. The molecule has 1 heterocycles. The minimum Gasteiger partial charge on any atom is -0.308 e. The van der Waals surface area contributed by atoms with Crippen LogP contribution in [0.2, 0.25) is 0 Å². The molecule has 1 spiro atoms. The van der Waals surface area contributed by atoms with Gasteiger partial charge >= 0.3 is 0 Å². The lowest BCUT2D eigenvalue weighted by Crippen LogP contribution is -2.44. The van der Waals surface area contributed by atoms with E-state index in [0.29, 0.717) is 5.54 Å². The Hall–Kier alpha value is -0.0400. The van der Waals surface area contributed by atoms with Gasteiger partial charge in [-0.05, 0) is 32.1 Å². The van der Waals surface area contributed by atoms with Crippen LogP contribution in [0.3, 0.4) is 0 Å². The van der Waals surface area contributed by atoms with Gasteiger partial charge in [-0.25, -0.2) is 0 Å². The zero-order valence-electron chi connectivity index (χ0n) is 8.94. The highest BCUT2D eigenvalue weighted by Gasteiger charge is 2.38. The fraction of sp³-hybridized carbons (Fsp3) is 1.00. The van der Waals surface area contributed by atoms with E-state index in [9.17, 15) is 0 Å². The molecular weight excluding hydrogens is 158 g/mol. The molecule has 1 unspecified atom stereocenters. The SMILES string of the molecule is CCCC1CCC2(CCCCC2)N1. The summed E-state index contributed by atoms with van der Waals surface area (Å²) >= 11 is 0. The Morgan fingerprint density at radius 2 is 1.92 bits per heavy atom. The first-order valence-electron chi connectivity index (χ1n) is 6.12. The highest BCUT2D eigenvalue weighted by atomic mass is 15.0. The first-order chi connectivity index (χ1) is 6.35. The topological polar surface area (TPSA) is 12.0 Å². The Morgan fingerprint density at radius 1 is 1.15 bits per heavy atom. The van der Waals surface area contributed by atoms with Crippen molar-refractivity contribution in [3.63, 3.8) is 0 Å². The zero-order valence-corrected chi connectivity index (χ0v) is 8.94. The van der Waals surface area contributed by atoms with Gasteiger partial charge in [0.15, 0.2) is 0 Å². The molecule has 1 atom stereocenters. The van der Waals surface area contributed by atoms with E-state index in [1.807, 2.05) is 0 Å². The van der Waals surface area contributed by atoms with Crippen LogP contribution in [0.5, 0.6) is 0 Å². The Bertz CT molecular complexity index is 159. The summed E-state index contributed by atoms with van der Waals surface area (Å²) in [6.45, 7) is 2.30. The second kappa shape index (κ2) is 4.00. The minimum atomic E-state index is 0.595. The molecule has 0 aromatic heterocycles. The fourth-order valence-corrected chi connectivity index (χ4v) is 3.22. The van der Waals surface area contributed by atoms with Crippen LogP contribution in [-0.4, -0.2) is 11.6 Å². The van der Waals surface area contributed by atoms with E-state index >= 15 is 0 Å². The highest BCUT2D eigenvalue weighted by Crippen LogP contribution is 2.37. The number of hydrogen-bond donors (Lipinski definition) is 1. The van der Waals surface area contributed by atoms with Crippen molar-refractivity contribution in [3.8, 4) is 0 Å². The van der Waals surface area contributed by atoms with Gasteiger partial charge in [0.05, 0.1) is 0 Å². The Kier molecular flexibility index (Phi) is 2.92. The third kappa shape index (κ3) is 2.07. The van der Waals surface area contributed by atoms with Gasteiger partial charge in [0.2, 0.25) is 0 Å². The first-order valence-corrected chi connectivity index (χ1v) is 6.12. The molecule has 1 saturated carbocycles. The molecule has 1 aliphatic heterocycles. The summed E-state index contributed by atoms with van der Waals surface area (Å²) in [5.41, 5.74) is 0.595. The summed E-state index contributed by atoms with van der Waals surface area (Å²) in [5, 5.41) is 3.91. The molecule has 1 heteroatoms. The Morgan fingerprint density at radius 3 is 2.62 bits per heavy atom. The van der Waals surface area contributed by atoms with Gasteiger partial charge in [0.25, 0.3) is 0 Å². The van der Waals surface area contributed by atoms with Crippen molar-refractivity contribution >= 4 is 0 Å². The maximum absolute atomic E-state index is 3.91. The molecule has 2 rings (SSSR count). The normalized spacial score (nSPS) is 32.5. The van der Waals surface area contributed by atoms with E-state index in [0.717, 1.165) is 6.04 Å². The van der Waals surface area contributed by atoms with Crippen LogP contribution < -0.4 is 5.32 Å². The molecule has 1 nitrogen and oxygen atoms in total. The van der Waals surface area contributed by atoms with Crippen molar-refractivity contribution in [2.24, 2.45) is 0 Å². The van der Waals surface area contributed by atoms with E-state index in [1.165, 1.54) is 57.8 Å². The van der Waals surface area contributed by atoms with Crippen molar-refractivity contribution in [3.05, 3.63) is 0 Å². The molecule has 76 valence electrons. The first kappa shape index (κ1) is 9.51. The monoisotopic (exact) mass is 181 g/mol. The largest absolute Gasteiger partial charge is 0.308 e. The third-order valence-corrected chi connectivity index (χ3v) is 3.93. The molecule has 13 heavy (non-hydrogen) atoms. The quantitative estimate of drug-likeness (QED) is 0.689. The summed E-state index contributed by atoms with van der Waals surface area (Å²) < 4.78 is 0. The summed E-state index contributed by atoms with van der Waals surface area (Å²) in [4.78, 5) is 0. The molecular formula is C12H23N. The lowest BCUT2D eigenvalue weighted by atomic mass is 9.81. The van der Waals surface area contributed by atoms with E-state index in [1.54, 1.807) is 0 Å². The summed E-state index contributed by atoms with van der Waals surface area (Å²) in [5.74, 6) is 0. The second-order valence-corrected chi connectivity index (χ2v) is 5.01. The number of rotatable bonds is 2.